The Morgan fingerprint density at radius 2 is 1.79 bits per heavy atom. The van der Waals surface area contributed by atoms with Gasteiger partial charge in [-0.25, -0.2) is 8.42 Å². The van der Waals surface area contributed by atoms with Gasteiger partial charge in [0.1, 0.15) is 0 Å². The molecule has 0 heterocycles. The van der Waals surface area contributed by atoms with Gasteiger partial charge in [-0.05, 0) is 60.8 Å². The van der Waals surface area contributed by atoms with Gasteiger partial charge in [0.25, 0.3) is 0 Å². The molecule has 0 unspecified atom stereocenters. The van der Waals surface area contributed by atoms with E-state index in [0.29, 0.717) is 5.56 Å². The molecule has 0 saturated carbocycles. The maximum atomic E-state index is 13.6. The highest BCUT2D eigenvalue weighted by Gasteiger charge is 2.55. The van der Waals surface area contributed by atoms with Crippen LogP contribution in [0.5, 0.6) is 0 Å². The van der Waals surface area contributed by atoms with Gasteiger partial charge in [0.2, 0.25) is 5.91 Å². The van der Waals surface area contributed by atoms with E-state index in [1.54, 1.807) is 26.0 Å². The fraction of sp³-hybridized carbons (Fsp3) is 0.400. The number of allylic oxidation sites excluding steroid dienone is 2. The number of nitrogens with one attached hydrogen (secondary N) is 1. The highest BCUT2D eigenvalue weighted by atomic mass is 32.2. The van der Waals surface area contributed by atoms with Crippen LogP contribution in [-0.2, 0) is 21.1 Å². The van der Waals surface area contributed by atoms with Gasteiger partial charge < -0.3 is 10.4 Å². The lowest BCUT2D eigenvalue weighted by molar-refractivity contribution is -0.245. The van der Waals surface area contributed by atoms with Crippen molar-refractivity contribution in [2.24, 2.45) is 5.92 Å². The third-order valence-electron chi connectivity index (χ3n) is 5.54. The van der Waals surface area contributed by atoms with E-state index in [0.717, 1.165) is 18.1 Å². The Kier molecular flexibility index (Phi) is 7.44. The predicted octanol–water partition coefficient (Wildman–Crippen LogP) is 4.31. The van der Waals surface area contributed by atoms with Crippen LogP contribution >= 0.6 is 0 Å². The lowest BCUT2D eigenvalue weighted by Gasteiger charge is -2.31. The van der Waals surface area contributed by atoms with Crippen LogP contribution in [0.3, 0.4) is 0 Å². The van der Waals surface area contributed by atoms with Crippen LogP contribution < -0.4 is 5.32 Å². The van der Waals surface area contributed by atoms with Gasteiger partial charge in [0, 0.05) is 5.57 Å². The molecule has 9 heteroatoms. The third-order valence-corrected chi connectivity index (χ3v) is 7.28. The number of carbonyl (C=O) groups excluding carboxylic acids is 1. The number of halogens is 3. The molecule has 0 saturated heterocycles. The van der Waals surface area contributed by atoms with Crippen LogP contribution in [0.25, 0.3) is 0 Å². The van der Waals surface area contributed by atoms with Gasteiger partial charge in [0.05, 0.1) is 22.8 Å². The van der Waals surface area contributed by atoms with Crippen molar-refractivity contribution in [2.75, 3.05) is 5.75 Å². The standard InChI is InChI=1S/C25H26F3NO4S/c1-17(2)13-14-24(31,25(26,27)28)20-7-9-21(10-8-20)29-23(30)15-18-5-11-22(12-6-18)34(32,33)16-19-3-4-19/h3,5-7,9,11-12,17,31H,4,13-16H2,1-2H3,(H,29,30)/t24-/m1/s1. The topological polar surface area (TPSA) is 83.5 Å². The third kappa shape index (κ3) is 6.39. The summed E-state index contributed by atoms with van der Waals surface area (Å²) >= 11 is 0. The van der Waals surface area contributed by atoms with Crippen molar-refractivity contribution in [1.29, 1.82) is 0 Å². The van der Waals surface area contributed by atoms with E-state index in [1.165, 1.54) is 18.2 Å². The molecule has 2 N–H and O–H groups in total. The lowest BCUT2D eigenvalue weighted by Crippen LogP contribution is -2.46. The zero-order valence-electron chi connectivity index (χ0n) is 18.9. The van der Waals surface area contributed by atoms with Gasteiger partial charge in [-0.2, -0.15) is 13.2 Å². The molecule has 0 aromatic heterocycles. The molecule has 182 valence electrons. The van der Waals surface area contributed by atoms with Crippen molar-refractivity contribution < 1.29 is 31.5 Å². The summed E-state index contributed by atoms with van der Waals surface area (Å²) < 4.78 is 65.3. The fourth-order valence-corrected chi connectivity index (χ4v) is 4.78. The van der Waals surface area contributed by atoms with Crippen LogP contribution in [-0.4, -0.2) is 37.0 Å². The van der Waals surface area contributed by atoms with Crippen molar-refractivity contribution in [3.8, 4) is 0 Å². The Balaban J connectivity index is 1.68. The minimum Gasteiger partial charge on any atom is -0.376 e. The van der Waals surface area contributed by atoms with Crippen molar-refractivity contribution in [2.45, 2.75) is 56.2 Å². The summed E-state index contributed by atoms with van der Waals surface area (Å²) in [6, 6.07) is 5.99. The van der Waals surface area contributed by atoms with E-state index in [4.69, 9.17) is 0 Å². The summed E-state index contributed by atoms with van der Waals surface area (Å²) in [5.74, 6) is -0.487. The summed E-state index contributed by atoms with van der Waals surface area (Å²) in [6.45, 7) is 3.54. The number of rotatable bonds is 10. The molecule has 1 atom stereocenters. The first kappa shape index (κ1) is 25.8. The predicted molar refractivity (Wildman–Crippen MR) is 121 cm³/mol. The van der Waals surface area contributed by atoms with Crippen molar-refractivity contribution in [1.82, 2.24) is 5.32 Å². The van der Waals surface area contributed by atoms with Crippen LogP contribution in [0.1, 0.15) is 38.7 Å². The number of aliphatic hydroxyl groups is 1. The second kappa shape index (κ2) is 9.80. The quantitative estimate of drug-likeness (QED) is 0.376. The maximum Gasteiger partial charge on any atom is 0.422 e. The minimum absolute atomic E-state index is 0.00387. The first-order valence-corrected chi connectivity index (χ1v) is 12.5. The number of carbonyl (C=O) groups is 1. The van der Waals surface area contributed by atoms with E-state index in [9.17, 15) is 31.5 Å². The van der Waals surface area contributed by atoms with Gasteiger partial charge in [-0.1, -0.05) is 43.4 Å². The molecule has 1 aromatic rings. The van der Waals surface area contributed by atoms with Crippen molar-refractivity contribution in [3.05, 3.63) is 76.4 Å². The largest absolute Gasteiger partial charge is 0.422 e. The van der Waals surface area contributed by atoms with Crippen LogP contribution in [0.4, 0.5) is 13.2 Å². The minimum atomic E-state index is -4.88. The summed E-state index contributed by atoms with van der Waals surface area (Å²) in [7, 11) is -3.41. The number of sulfone groups is 1. The van der Waals surface area contributed by atoms with Crippen LogP contribution in [0.15, 0.2) is 75.7 Å². The zero-order chi connectivity index (χ0) is 25.1. The number of benzene rings is 1. The molecule has 5 nitrogen and oxygen atoms in total. The van der Waals surface area contributed by atoms with Gasteiger partial charge in [-0.15, -0.1) is 0 Å². The van der Waals surface area contributed by atoms with Crippen molar-refractivity contribution in [3.63, 3.8) is 0 Å². The first-order valence-electron chi connectivity index (χ1n) is 10.8. The molecule has 1 amide bonds. The Labute approximate surface area is 197 Å². The van der Waals surface area contributed by atoms with Gasteiger partial charge in [-0.3, -0.25) is 4.79 Å². The lowest BCUT2D eigenvalue weighted by atomic mass is 9.85. The summed E-state index contributed by atoms with van der Waals surface area (Å²) in [6.07, 6.45) is -0.401. The van der Waals surface area contributed by atoms with Gasteiger partial charge >= 0.3 is 6.18 Å². The number of amides is 1. The Bertz CT molecular complexity index is 1230. The number of alkyl halides is 3. The molecule has 0 spiro atoms. The van der Waals surface area contributed by atoms with Crippen molar-refractivity contribution >= 4 is 15.7 Å². The van der Waals surface area contributed by atoms with Gasteiger partial charge in [0.15, 0.2) is 15.4 Å². The van der Waals surface area contributed by atoms with E-state index in [-0.39, 0.29) is 35.1 Å². The Morgan fingerprint density at radius 1 is 1.15 bits per heavy atom. The monoisotopic (exact) mass is 493 g/mol. The van der Waals surface area contributed by atoms with Crippen LogP contribution in [0.2, 0.25) is 0 Å². The normalized spacial score (nSPS) is 17.1. The van der Waals surface area contributed by atoms with E-state index < -0.39 is 39.5 Å². The molecule has 2 aliphatic carbocycles. The molecule has 34 heavy (non-hydrogen) atoms. The average molecular weight is 494 g/mol. The highest BCUT2D eigenvalue weighted by molar-refractivity contribution is 7.91. The number of hydrogen-bond donors (Lipinski definition) is 2. The SMILES string of the molecule is CC(C)CC[C@@](O)(C1=C=C=C(NC(=O)Cc2ccc(S(=O)(=O)CC3=CC3)cc2)C=C1)C(F)(F)F. The van der Waals surface area contributed by atoms with E-state index in [1.807, 2.05) is 6.08 Å². The number of hydrogen-bond acceptors (Lipinski definition) is 4. The molecule has 0 fully saturated rings. The average Bonchev–Trinajstić information content (AvgIpc) is 3.55. The van der Waals surface area contributed by atoms with E-state index >= 15 is 0 Å². The highest BCUT2D eigenvalue weighted by Crippen LogP contribution is 2.41. The first-order chi connectivity index (χ1) is 15.8. The fourth-order valence-electron chi connectivity index (χ4n) is 3.34. The zero-order valence-corrected chi connectivity index (χ0v) is 19.7. The maximum absolute atomic E-state index is 13.6. The Hall–Kier alpha value is -2.83. The molecule has 0 aliphatic heterocycles. The molecule has 2 aliphatic rings. The molecule has 3 rings (SSSR count). The summed E-state index contributed by atoms with van der Waals surface area (Å²) in [5, 5.41) is 12.9. The summed E-state index contributed by atoms with van der Waals surface area (Å²) in [4.78, 5) is 12.5. The second-order valence-corrected chi connectivity index (χ2v) is 10.9. The molecule has 0 radical (unpaired) electrons. The second-order valence-electron chi connectivity index (χ2n) is 8.90. The molecule has 0 bridgehead atoms. The molecular formula is C25H26F3NO4S. The smallest absolute Gasteiger partial charge is 0.376 e. The van der Waals surface area contributed by atoms with E-state index in [2.05, 4.69) is 16.8 Å². The summed E-state index contributed by atoms with van der Waals surface area (Å²) in [5.41, 5.74) is 2.87. The Morgan fingerprint density at radius 3 is 2.29 bits per heavy atom. The molecular weight excluding hydrogens is 467 g/mol. The molecule has 1 aromatic carbocycles. The van der Waals surface area contributed by atoms with Crippen LogP contribution in [0, 0.1) is 5.92 Å².